The number of hydrogen-bond acceptors (Lipinski definition) is 5. The maximum absolute atomic E-state index is 5.41. The Hall–Kier alpha value is -2.30. The van der Waals surface area contributed by atoms with E-state index in [0.29, 0.717) is 0 Å². The summed E-state index contributed by atoms with van der Waals surface area (Å²) >= 11 is 0. The van der Waals surface area contributed by atoms with Gasteiger partial charge in [-0.2, -0.15) is 0 Å². The monoisotopic (exact) mass is 314 g/mol. The highest BCUT2D eigenvalue weighted by molar-refractivity contribution is 5.66. The molecule has 0 radical (unpaired) electrons. The Labute approximate surface area is 138 Å². The van der Waals surface area contributed by atoms with Crippen molar-refractivity contribution in [3.05, 3.63) is 36.2 Å². The zero-order valence-electron chi connectivity index (χ0n) is 14.5. The summed E-state index contributed by atoms with van der Waals surface area (Å²) in [5.74, 6) is 2.53. The number of aromatic nitrogens is 2. The lowest BCUT2D eigenvalue weighted by atomic mass is 10.2. The van der Waals surface area contributed by atoms with Gasteiger partial charge in [0.1, 0.15) is 23.7 Å². The molecule has 5 heteroatoms. The van der Waals surface area contributed by atoms with E-state index in [4.69, 9.17) is 4.74 Å². The van der Waals surface area contributed by atoms with Gasteiger partial charge in [0, 0.05) is 19.2 Å². The molecule has 0 saturated heterocycles. The van der Waals surface area contributed by atoms with Crippen molar-refractivity contribution in [1.82, 2.24) is 9.97 Å². The van der Waals surface area contributed by atoms with Crippen LogP contribution in [0.3, 0.4) is 0 Å². The van der Waals surface area contributed by atoms with Crippen LogP contribution in [0.4, 0.5) is 17.3 Å². The second kappa shape index (κ2) is 8.36. The molecule has 124 valence electrons. The highest BCUT2D eigenvalue weighted by Crippen LogP contribution is 2.28. The van der Waals surface area contributed by atoms with Gasteiger partial charge in [0.25, 0.3) is 0 Å². The smallest absolute Gasteiger partial charge is 0.142 e. The number of ether oxygens (including phenoxy) is 1. The molecule has 5 nitrogen and oxygen atoms in total. The van der Waals surface area contributed by atoms with E-state index in [-0.39, 0.29) is 0 Å². The van der Waals surface area contributed by atoms with Crippen LogP contribution in [0.2, 0.25) is 0 Å². The van der Waals surface area contributed by atoms with Crippen LogP contribution in [0, 0.1) is 6.92 Å². The number of benzene rings is 1. The van der Waals surface area contributed by atoms with Crippen LogP contribution < -0.4 is 15.0 Å². The van der Waals surface area contributed by atoms with Gasteiger partial charge in [-0.05, 0) is 37.5 Å². The molecule has 1 N–H and O–H groups in total. The maximum Gasteiger partial charge on any atom is 0.142 e. The van der Waals surface area contributed by atoms with E-state index in [2.05, 4.69) is 47.0 Å². The molecule has 0 fully saturated rings. The van der Waals surface area contributed by atoms with Gasteiger partial charge in [0.15, 0.2) is 0 Å². The number of methoxy groups -OCH3 is 1. The van der Waals surface area contributed by atoms with Crippen LogP contribution in [0.15, 0.2) is 30.6 Å². The predicted molar refractivity (Wildman–Crippen MR) is 95.8 cm³/mol. The summed E-state index contributed by atoms with van der Waals surface area (Å²) in [6, 6.07) is 8.03. The van der Waals surface area contributed by atoms with E-state index in [1.54, 1.807) is 13.4 Å². The lowest BCUT2D eigenvalue weighted by Gasteiger charge is -2.22. The van der Waals surface area contributed by atoms with Gasteiger partial charge < -0.3 is 15.0 Å². The van der Waals surface area contributed by atoms with E-state index in [1.165, 1.54) is 5.56 Å². The second-order valence-corrected chi connectivity index (χ2v) is 5.58. The summed E-state index contributed by atoms with van der Waals surface area (Å²) in [5, 5.41) is 3.34. The Morgan fingerprint density at radius 3 is 2.48 bits per heavy atom. The number of aryl methyl sites for hydroxylation is 1. The Kier molecular flexibility index (Phi) is 6.20. The molecular weight excluding hydrogens is 288 g/mol. The Bertz CT molecular complexity index is 624. The molecule has 1 aromatic heterocycles. The summed E-state index contributed by atoms with van der Waals surface area (Å²) in [4.78, 5) is 11.1. The summed E-state index contributed by atoms with van der Waals surface area (Å²) in [5.41, 5.74) is 2.08. The average Bonchev–Trinajstić information content (AvgIpc) is 2.55. The molecule has 0 atom stereocenters. The molecule has 1 heterocycles. The summed E-state index contributed by atoms with van der Waals surface area (Å²) in [6.45, 7) is 8.41. The van der Waals surface area contributed by atoms with E-state index in [9.17, 15) is 0 Å². The average molecular weight is 314 g/mol. The number of nitrogens with one attached hydrogen (secondary N) is 1. The van der Waals surface area contributed by atoms with E-state index in [1.807, 2.05) is 18.2 Å². The van der Waals surface area contributed by atoms with Crippen molar-refractivity contribution >= 4 is 17.3 Å². The third-order valence-corrected chi connectivity index (χ3v) is 3.58. The first kappa shape index (κ1) is 17.1. The van der Waals surface area contributed by atoms with Crippen LogP contribution in [0.25, 0.3) is 0 Å². The fourth-order valence-electron chi connectivity index (χ4n) is 2.53. The molecule has 0 unspecified atom stereocenters. The Morgan fingerprint density at radius 2 is 1.83 bits per heavy atom. The lowest BCUT2D eigenvalue weighted by molar-refractivity contribution is 0.416. The summed E-state index contributed by atoms with van der Waals surface area (Å²) in [6.07, 6.45) is 3.80. The third kappa shape index (κ3) is 4.58. The van der Waals surface area contributed by atoms with Crippen molar-refractivity contribution in [2.75, 3.05) is 30.4 Å². The van der Waals surface area contributed by atoms with Crippen molar-refractivity contribution in [2.24, 2.45) is 0 Å². The van der Waals surface area contributed by atoms with Gasteiger partial charge in [0.05, 0.1) is 12.8 Å². The fourth-order valence-corrected chi connectivity index (χ4v) is 2.53. The van der Waals surface area contributed by atoms with Gasteiger partial charge >= 0.3 is 0 Å². The molecule has 1 aromatic carbocycles. The first-order valence-corrected chi connectivity index (χ1v) is 8.16. The molecule has 2 aromatic rings. The fraction of sp³-hybridized carbons (Fsp3) is 0.444. The van der Waals surface area contributed by atoms with Crippen LogP contribution in [0.5, 0.6) is 5.75 Å². The topological polar surface area (TPSA) is 50.3 Å². The third-order valence-electron chi connectivity index (χ3n) is 3.58. The van der Waals surface area contributed by atoms with Crippen LogP contribution in [0.1, 0.15) is 32.3 Å². The van der Waals surface area contributed by atoms with Crippen molar-refractivity contribution in [3.63, 3.8) is 0 Å². The highest BCUT2D eigenvalue weighted by Gasteiger charge is 2.09. The number of rotatable bonds is 8. The SMILES string of the molecule is CCCN(CCC)c1cc(Nc2cc(C)ccc2OC)ncn1. The molecule has 0 amide bonds. The first-order chi connectivity index (χ1) is 11.2. The minimum absolute atomic E-state index is 0.774. The zero-order valence-corrected chi connectivity index (χ0v) is 14.5. The molecule has 2 rings (SSSR count). The number of anilines is 3. The van der Waals surface area contributed by atoms with Gasteiger partial charge in [-0.1, -0.05) is 19.9 Å². The Balaban J connectivity index is 2.24. The number of nitrogens with zero attached hydrogens (tertiary/aromatic N) is 3. The van der Waals surface area contributed by atoms with E-state index < -0.39 is 0 Å². The van der Waals surface area contributed by atoms with Gasteiger partial charge in [-0.25, -0.2) is 9.97 Å². The largest absolute Gasteiger partial charge is 0.495 e. The molecule has 0 saturated carbocycles. The highest BCUT2D eigenvalue weighted by atomic mass is 16.5. The van der Waals surface area contributed by atoms with Crippen LogP contribution >= 0.6 is 0 Å². The van der Waals surface area contributed by atoms with Gasteiger partial charge in [-0.3, -0.25) is 0 Å². The minimum atomic E-state index is 0.774. The van der Waals surface area contributed by atoms with E-state index in [0.717, 1.165) is 49.0 Å². The van der Waals surface area contributed by atoms with Gasteiger partial charge in [-0.15, -0.1) is 0 Å². The van der Waals surface area contributed by atoms with Crippen LogP contribution in [-0.2, 0) is 0 Å². The quantitative estimate of drug-likeness (QED) is 0.792. The van der Waals surface area contributed by atoms with Crippen molar-refractivity contribution < 1.29 is 4.74 Å². The second-order valence-electron chi connectivity index (χ2n) is 5.58. The molecule has 0 aliphatic rings. The Morgan fingerprint density at radius 1 is 1.09 bits per heavy atom. The van der Waals surface area contributed by atoms with Crippen molar-refractivity contribution in [3.8, 4) is 5.75 Å². The van der Waals surface area contributed by atoms with Gasteiger partial charge in [0.2, 0.25) is 0 Å². The molecule has 0 bridgehead atoms. The van der Waals surface area contributed by atoms with E-state index >= 15 is 0 Å². The van der Waals surface area contributed by atoms with Crippen LogP contribution in [-0.4, -0.2) is 30.2 Å². The lowest BCUT2D eigenvalue weighted by Crippen LogP contribution is -2.25. The maximum atomic E-state index is 5.41. The molecule has 0 spiro atoms. The zero-order chi connectivity index (χ0) is 16.7. The van der Waals surface area contributed by atoms with Crippen molar-refractivity contribution in [2.45, 2.75) is 33.6 Å². The normalized spacial score (nSPS) is 10.4. The molecular formula is C18H26N4O. The first-order valence-electron chi connectivity index (χ1n) is 8.16. The molecule has 0 aliphatic carbocycles. The molecule has 23 heavy (non-hydrogen) atoms. The number of hydrogen-bond donors (Lipinski definition) is 1. The standard InChI is InChI=1S/C18H26N4O/c1-5-9-22(10-6-2)18-12-17(19-13-20-18)21-15-11-14(3)7-8-16(15)23-4/h7-8,11-13H,5-6,9-10H2,1-4H3,(H,19,20,21). The van der Waals surface area contributed by atoms with Crippen molar-refractivity contribution in [1.29, 1.82) is 0 Å². The predicted octanol–water partition coefficient (Wildman–Crippen LogP) is 4.16. The minimum Gasteiger partial charge on any atom is -0.495 e. The summed E-state index contributed by atoms with van der Waals surface area (Å²) < 4.78 is 5.41. The summed E-state index contributed by atoms with van der Waals surface area (Å²) in [7, 11) is 1.67. The molecule has 0 aliphatic heterocycles.